The minimum atomic E-state index is -0.751. The zero-order chi connectivity index (χ0) is 24.4. The third-order valence-electron chi connectivity index (χ3n) is 6.42. The molecule has 1 N–H and O–H groups in total. The van der Waals surface area contributed by atoms with Crippen molar-refractivity contribution in [1.29, 1.82) is 0 Å². The van der Waals surface area contributed by atoms with Gasteiger partial charge in [0.2, 0.25) is 5.91 Å². The van der Waals surface area contributed by atoms with Crippen molar-refractivity contribution >= 4 is 22.6 Å². The highest BCUT2D eigenvalue weighted by Gasteiger charge is 2.35. The van der Waals surface area contributed by atoms with Crippen LogP contribution in [0.5, 0.6) is 11.5 Å². The third kappa shape index (κ3) is 4.86. The lowest BCUT2D eigenvalue weighted by Gasteiger charge is -2.19. The molecular formula is C28H29N3O4. The lowest BCUT2D eigenvalue weighted by molar-refractivity contribution is -0.117. The van der Waals surface area contributed by atoms with Crippen molar-refractivity contribution in [3.63, 3.8) is 0 Å². The van der Waals surface area contributed by atoms with Gasteiger partial charge >= 0.3 is 0 Å². The van der Waals surface area contributed by atoms with E-state index in [1.807, 2.05) is 89.2 Å². The van der Waals surface area contributed by atoms with Crippen LogP contribution in [0.2, 0.25) is 0 Å². The molecule has 1 amide bonds. The second kappa shape index (κ2) is 9.80. The number of carbonyl (C=O) groups is 1. The molecule has 1 aliphatic heterocycles. The normalized spacial score (nSPS) is 16.6. The average molecular weight is 472 g/mol. The van der Waals surface area contributed by atoms with E-state index in [4.69, 9.17) is 14.5 Å². The largest absolute Gasteiger partial charge is 0.497 e. The fourth-order valence-corrected chi connectivity index (χ4v) is 4.58. The Morgan fingerprint density at radius 2 is 1.74 bits per heavy atom. The Hall–Kier alpha value is -3.84. The Kier molecular flexibility index (Phi) is 6.42. The quantitative estimate of drug-likeness (QED) is 0.414. The minimum Gasteiger partial charge on any atom is -0.497 e. The van der Waals surface area contributed by atoms with Gasteiger partial charge in [0.05, 0.1) is 24.7 Å². The highest BCUT2D eigenvalue weighted by atomic mass is 16.5. The number of imidazole rings is 1. The molecule has 1 saturated heterocycles. The predicted molar refractivity (Wildman–Crippen MR) is 135 cm³/mol. The van der Waals surface area contributed by atoms with Crippen LogP contribution in [-0.2, 0) is 11.3 Å². The zero-order valence-electron chi connectivity index (χ0n) is 19.9. The number of nitrogens with zero attached hydrogens (tertiary/aromatic N) is 3. The van der Waals surface area contributed by atoms with Crippen LogP contribution in [0.25, 0.3) is 11.0 Å². The van der Waals surface area contributed by atoms with E-state index in [9.17, 15) is 9.90 Å². The van der Waals surface area contributed by atoms with Crippen molar-refractivity contribution in [3.8, 4) is 11.5 Å². The SMILES string of the molecule is COc1ccc(OC[C@H](O)Cn2c([C@@H]3CC(=O)N(c4ccc(C)cc4)C3)nc3ccccc32)cc1. The van der Waals surface area contributed by atoms with Crippen molar-refractivity contribution in [2.75, 3.05) is 25.2 Å². The summed E-state index contributed by atoms with van der Waals surface area (Å²) in [4.78, 5) is 19.6. The zero-order valence-corrected chi connectivity index (χ0v) is 19.9. The summed E-state index contributed by atoms with van der Waals surface area (Å²) in [5.41, 5.74) is 3.85. The maximum atomic E-state index is 12.9. The van der Waals surface area contributed by atoms with Gasteiger partial charge in [-0.1, -0.05) is 29.8 Å². The molecule has 2 atom stereocenters. The van der Waals surface area contributed by atoms with Crippen LogP contribution < -0.4 is 14.4 Å². The van der Waals surface area contributed by atoms with E-state index in [0.717, 1.165) is 33.9 Å². The molecule has 1 aromatic heterocycles. The number of aliphatic hydroxyl groups excluding tert-OH is 1. The van der Waals surface area contributed by atoms with Gasteiger partial charge in [-0.15, -0.1) is 0 Å². The molecule has 0 aliphatic carbocycles. The van der Waals surface area contributed by atoms with Crippen molar-refractivity contribution in [1.82, 2.24) is 9.55 Å². The fourth-order valence-electron chi connectivity index (χ4n) is 4.58. The van der Waals surface area contributed by atoms with Crippen molar-refractivity contribution < 1.29 is 19.4 Å². The maximum Gasteiger partial charge on any atom is 0.227 e. The van der Waals surface area contributed by atoms with Crippen LogP contribution in [0.4, 0.5) is 5.69 Å². The molecule has 3 aromatic carbocycles. The Bertz CT molecular complexity index is 1310. The number of aryl methyl sites for hydroxylation is 1. The molecular weight excluding hydrogens is 442 g/mol. The van der Waals surface area contributed by atoms with Crippen LogP contribution in [0.3, 0.4) is 0 Å². The van der Waals surface area contributed by atoms with E-state index in [1.54, 1.807) is 7.11 Å². The van der Waals surface area contributed by atoms with Gasteiger partial charge in [0.1, 0.15) is 30.0 Å². The molecule has 7 nitrogen and oxygen atoms in total. The van der Waals surface area contributed by atoms with Crippen LogP contribution in [0.15, 0.2) is 72.8 Å². The van der Waals surface area contributed by atoms with Crippen LogP contribution in [0, 0.1) is 6.92 Å². The summed E-state index contributed by atoms with van der Waals surface area (Å²) in [5, 5.41) is 10.8. The fraction of sp³-hybridized carbons (Fsp3) is 0.286. The molecule has 0 bridgehead atoms. The molecule has 7 heteroatoms. The topological polar surface area (TPSA) is 76.8 Å². The maximum absolute atomic E-state index is 12.9. The molecule has 0 saturated carbocycles. The first-order chi connectivity index (χ1) is 17.0. The van der Waals surface area contributed by atoms with Gasteiger partial charge in [0.25, 0.3) is 0 Å². The number of methoxy groups -OCH3 is 1. The summed E-state index contributed by atoms with van der Waals surface area (Å²) in [7, 11) is 1.62. The van der Waals surface area contributed by atoms with Crippen LogP contribution in [-0.4, -0.2) is 46.9 Å². The second-order valence-corrected chi connectivity index (χ2v) is 8.95. The number of benzene rings is 3. The molecule has 4 aromatic rings. The molecule has 0 unspecified atom stereocenters. The van der Waals surface area contributed by atoms with Gasteiger partial charge in [-0.2, -0.15) is 0 Å². The number of amides is 1. The smallest absolute Gasteiger partial charge is 0.227 e. The standard InChI is InChI=1S/C28H29N3O4/c1-19-7-9-21(10-8-19)30-16-20(15-27(30)33)28-29-25-5-3-4-6-26(25)31(28)17-22(32)18-35-24-13-11-23(34-2)12-14-24/h3-14,20,22,32H,15-18H2,1-2H3/t20-,22-/m1/s1. The Morgan fingerprint density at radius 3 is 2.49 bits per heavy atom. The Balaban J connectivity index is 1.35. The number of hydrogen-bond donors (Lipinski definition) is 1. The molecule has 1 aliphatic rings. The molecule has 180 valence electrons. The third-order valence-corrected chi connectivity index (χ3v) is 6.42. The number of carbonyl (C=O) groups excluding carboxylic acids is 1. The van der Waals surface area contributed by atoms with Gasteiger partial charge in [0, 0.05) is 24.6 Å². The van der Waals surface area contributed by atoms with Gasteiger partial charge in [-0.05, 0) is 55.5 Å². The van der Waals surface area contributed by atoms with Crippen LogP contribution >= 0.6 is 0 Å². The molecule has 2 heterocycles. The Morgan fingerprint density at radius 1 is 1.03 bits per heavy atom. The lowest BCUT2D eigenvalue weighted by atomic mass is 10.1. The van der Waals surface area contributed by atoms with Crippen LogP contribution in [0.1, 0.15) is 23.7 Å². The van der Waals surface area contributed by atoms with E-state index in [-0.39, 0.29) is 18.4 Å². The van der Waals surface area contributed by atoms with Gasteiger partial charge in [-0.3, -0.25) is 4.79 Å². The number of fused-ring (bicyclic) bond motifs is 1. The van der Waals surface area contributed by atoms with Gasteiger partial charge in [-0.25, -0.2) is 4.98 Å². The summed E-state index contributed by atoms with van der Waals surface area (Å²) in [6.45, 7) is 3.05. The number of ether oxygens (including phenoxy) is 2. The first-order valence-electron chi connectivity index (χ1n) is 11.8. The van der Waals surface area contributed by atoms with E-state index in [2.05, 4.69) is 0 Å². The molecule has 1 fully saturated rings. The highest BCUT2D eigenvalue weighted by molar-refractivity contribution is 5.96. The number of rotatable bonds is 8. The van der Waals surface area contributed by atoms with Crippen molar-refractivity contribution in [2.45, 2.75) is 31.9 Å². The van der Waals surface area contributed by atoms with Gasteiger partial charge in [0.15, 0.2) is 0 Å². The van der Waals surface area contributed by atoms with E-state index >= 15 is 0 Å². The van der Waals surface area contributed by atoms with E-state index in [1.165, 1.54) is 0 Å². The summed E-state index contributed by atoms with van der Waals surface area (Å²) in [5.74, 6) is 2.25. The first-order valence-corrected chi connectivity index (χ1v) is 11.8. The number of hydrogen-bond acceptors (Lipinski definition) is 5. The number of aromatic nitrogens is 2. The molecule has 35 heavy (non-hydrogen) atoms. The van der Waals surface area contributed by atoms with E-state index < -0.39 is 6.10 Å². The molecule has 0 spiro atoms. The summed E-state index contributed by atoms with van der Waals surface area (Å²) in [6.07, 6.45) is -0.367. The number of aliphatic hydroxyl groups is 1. The Labute approximate surface area is 204 Å². The number of anilines is 1. The monoisotopic (exact) mass is 471 g/mol. The second-order valence-electron chi connectivity index (χ2n) is 8.95. The van der Waals surface area contributed by atoms with E-state index in [0.29, 0.717) is 25.3 Å². The van der Waals surface area contributed by atoms with Gasteiger partial charge < -0.3 is 24.0 Å². The molecule has 5 rings (SSSR count). The summed E-state index contributed by atoms with van der Waals surface area (Å²) in [6, 6.07) is 23.1. The van der Waals surface area contributed by atoms with Crippen molar-refractivity contribution in [3.05, 3.63) is 84.2 Å². The lowest BCUT2D eigenvalue weighted by Crippen LogP contribution is -2.26. The first kappa shape index (κ1) is 22.9. The minimum absolute atomic E-state index is 0.0640. The average Bonchev–Trinajstić information content (AvgIpc) is 3.44. The number of para-hydroxylation sites is 2. The predicted octanol–water partition coefficient (Wildman–Crippen LogP) is 4.31. The molecule has 0 radical (unpaired) electrons. The highest BCUT2D eigenvalue weighted by Crippen LogP contribution is 2.33. The summed E-state index contributed by atoms with van der Waals surface area (Å²) >= 11 is 0. The summed E-state index contributed by atoms with van der Waals surface area (Å²) < 4.78 is 13.0. The van der Waals surface area contributed by atoms with Crippen molar-refractivity contribution in [2.24, 2.45) is 0 Å².